The van der Waals surface area contributed by atoms with Crippen LogP contribution in [-0.2, 0) is 10.8 Å². The van der Waals surface area contributed by atoms with Gasteiger partial charge in [-0.3, -0.25) is 4.21 Å². The monoisotopic (exact) mass is 279 g/mol. The van der Waals surface area contributed by atoms with Crippen molar-refractivity contribution < 1.29 is 8.63 Å². The first-order valence-electron chi connectivity index (χ1n) is 6.62. The smallest absolute Gasteiger partial charge is 0.134 e. The standard InChI is InChI=1S/C15H21NO2S/c1-11(19(3)17)8-9-16-12(2)15-10-13-6-4-5-7-14(13)18-15/h4-7,10-12,16H,8-9H2,1-3H3/t11-,12+,19+/m1/s1. The summed E-state index contributed by atoms with van der Waals surface area (Å²) in [6, 6.07) is 10.3. The fourth-order valence-electron chi connectivity index (χ4n) is 1.99. The Morgan fingerprint density at radius 1 is 1.32 bits per heavy atom. The molecule has 2 rings (SSSR count). The van der Waals surface area contributed by atoms with Crippen LogP contribution in [0.4, 0.5) is 0 Å². The molecule has 0 radical (unpaired) electrons. The molecule has 3 atom stereocenters. The number of hydrogen-bond acceptors (Lipinski definition) is 3. The normalized spacial score (nSPS) is 16.4. The topological polar surface area (TPSA) is 42.2 Å². The Labute approximate surface area is 116 Å². The van der Waals surface area contributed by atoms with Crippen LogP contribution in [0, 0.1) is 0 Å². The molecular formula is C15H21NO2S. The molecule has 1 aromatic heterocycles. The quantitative estimate of drug-likeness (QED) is 0.882. The van der Waals surface area contributed by atoms with Crippen molar-refractivity contribution in [2.75, 3.05) is 12.8 Å². The minimum atomic E-state index is -0.745. The maximum absolute atomic E-state index is 11.3. The van der Waals surface area contributed by atoms with Gasteiger partial charge in [-0.25, -0.2) is 0 Å². The summed E-state index contributed by atoms with van der Waals surface area (Å²) in [5.41, 5.74) is 0.925. The van der Waals surface area contributed by atoms with E-state index in [0.717, 1.165) is 29.7 Å². The summed E-state index contributed by atoms with van der Waals surface area (Å²) in [6.07, 6.45) is 2.67. The highest BCUT2D eigenvalue weighted by molar-refractivity contribution is 7.84. The molecule has 0 saturated carbocycles. The van der Waals surface area contributed by atoms with Gasteiger partial charge in [-0.05, 0) is 32.0 Å². The zero-order valence-corrected chi connectivity index (χ0v) is 12.5. The van der Waals surface area contributed by atoms with Crippen molar-refractivity contribution in [1.82, 2.24) is 5.32 Å². The predicted molar refractivity (Wildman–Crippen MR) is 80.8 cm³/mol. The van der Waals surface area contributed by atoms with Crippen molar-refractivity contribution in [1.29, 1.82) is 0 Å². The molecule has 0 aliphatic rings. The zero-order chi connectivity index (χ0) is 13.8. The highest BCUT2D eigenvalue weighted by atomic mass is 32.2. The number of nitrogens with one attached hydrogen (secondary N) is 1. The molecule has 0 aliphatic carbocycles. The van der Waals surface area contributed by atoms with E-state index in [1.54, 1.807) is 6.26 Å². The van der Waals surface area contributed by atoms with Crippen LogP contribution in [0.2, 0.25) is 0 Å². The fourth-order valence-corrected chi connectivity index (χ4v) is 2.44. The molecule has 104 valence electrons. The summed E-state index contributed by atoms with van der Waals surface area (Å²) >= 11 is 0. The SMILES string of the molecule is C[C@H](NCC[C@@H](C)[S@](C)=O)c1cc2ccccc2o1. The van der Waals surface area contributed by atoms with Crippen molar-refractivity contribution in [2.24, 2.45) is 0 Å². The second kappa shape index (κ2) is 6.35. The number of para-hydroxylation sites is 1. The van der Waals surface area contributed by atoms with E-state index in [0.29, 0.717) is 0 Å². The van der Waals surface area contributed by atoms with Crippen LogP contribution in [-0.4, -0.2) is 22.3 Å². The molecule has 0 bridgehead atoms. The van der Waals surface area contributed by atoms with Crippen molar-refractivity contribution in [3.63, 3.8) is 0 Å². The Bertz CT molecular complexity index is 531. The van der Waals surface area contributed by atoms with Crippen molar-refractivity contribution in [3.05, 3.63) is 36.1 Å². The summed E-state index contributed by atoms with van der Waals surface area (Å²) in [5.74, 6) is 0.950. The Morgan fingerprint density at radius 3 is 2.74 bits per heavy atom. The zero-order valence-electron chi connectivity index (χ0n) is 11.7. The summed E-state index contributed by atoms with van der Waals surface area (Å²) in [6.45, 7) is 4.95. The maximum atomic E-state index is 11.3. The second-order valence-electron chi connectivity index (χ2n) is 4.96. The number of benzene rings is 1. The lowest BCUT2D eigenvalue weighted by Crippen LogP contribution is -2.23. The van der Waals surface area contributed by atoms with Crippen molar-refractivity contribution >= 4 is 21.8 Å². The molecule has 0 fully saturated rings. The molecule has 1 N–H and O–H groups in total. The largest absolute Gasteiger partial charge is 0.459 e. The third kappa shape index (κ3) is 3.67. The Morgan fingerprint density at radius 2 is 2.05 bits per heavy atom. The fraction of sp³-hybridized carbons (Fsp3) is 0.467. The van der Waals surface area contributed by atoms with E-state index in [2.05, 4.69) is 24.4 Å². The average molecular weight is 279 g/mol. The minimum Gasteiger partial charge on any atom is -0.459 e. The van der Waals surface area contributed by atoms with Crippen LogP contribution in [0.15, 0.2) is 34.7 Å². The molecular weight excluding hydrogens is 258 g/mol. The first-order chi connectivity index (χ1) is 9.08. The lowest BCUT2D eigenvalue weighted by Gasteiger charge is -2.13. The van der Waals surface area contributed by atoms with Gasteiger partial charge in [0.15, 0.2) is 0 Å². The van der Waals surface area contributed by atoms with Crippen LogP contribution in [0.5, 0.6) is 0 Å². The van der Waals surface area contributed by atoms with Gasteiger partial charge in [0.25, 0.3) is 0 Å². The lowest BCUT2D eigenvalue weighted by molar-refractivity contribution is 0.448. The molecule has 1 heterocycles. The lowest BCUT2D eigenvalue weighted by atomic mass is 10.2. The molecule has 2 aromatic rings. The number of rotatable bonds is 6. The van der Waals surface area contributed by atoms with Crippen LogP contribution in [0.25, 0.3) is 11.0 Å². The second-order valence-corrected chi connectivity index (χ2v) is 6.76. The van der Waals surface area contributed by atoms with Gasteiger partial charge in [0.2, 0.25) is 0 Å². The summed E-state index contributed by atoms with van der Waals surface area (Å²) in [7, 11) is -0.745. The molecule has 1 aromatic carbocycles. The molecule has 0 unspecified atom stereocenters. The molecule has 0 saturated heterocycles. The molecule has 4 heteroatoms. The van der Waals surface area contributed by atoms with Crippen LogP contribution in [0.1, 0.15) is 32.1 Å². The summed E-state index contributed by atoms with van der Waals surface area (Å²) < 4.78 is 17.1. The van der Waals surface area contributed by atoms with E-state index in [1.165, 1.54) is 0 Å². The third-order valence-corrected chi connectivity index (χ3v) is 4.81. The van der Waals surface area contributed by atoms with Crippen LogP contribution < -0.4 is 5.32 Å². The molecule has 0 aliphatic heterocycles. The number of fused-ring (bicyclic) bond motifs is 1. The van der Waals surface area contributed by atoms with Gasteiger partial charge in [0, 0.05) is 27.7 Å². The Kier molecular flexibility index (Phi) is 4.77. The highest BCUT2D eigenvalue weighted by Gasteiger charge is 2.12. The van der Waals surface area contributed by atoms with E-state index in [-0.39, 0.29) is 11.3 Å². The van der Waals surface area contributed by atoms with Gasteiger partial charge in [-0.1, -0.05) is 25.1 Å². The van der Waals surface area contributed by atoms with E-state index in [4.69, 9.17) is 4.42 Å². The van der Waals surface area contributed by atoms with Crippen molar-refractivity contribution in [3.8, 4) is 0 Å². The van der Waals surface area contributed by atoms with E-state index < -0.39 is 10.8 Å². The first-order valence-corrected chi connectivity index (χ1v) is 8.24. The minimum absolute atomic E-state index is 0.171. The molecule has 0 amide bonds. The average Bonchev–Trinajstić information content (AvgIpc) is 2.82. The van der Waals surface area contributed by atoms with Gasteiger partial charge < -0.3 is 9.73 Å². The summed E-state index contributed by atoms with van der Waals surface area (Å²) in [4.78, 5) is 0. The van der Waals surface area contributed by atoms with E-state index >= 15 is 0 Å². The Balaban J connectivity index is 1.92. The predicted octanol–water partition coefficient (Wildman–Crippen LogP) is 3.24. The molecule has 0 spiro atoms. The number of furan rings is 1. The van der Waals surface area contributed by atoms with Gasteiger partial charge in [0.05, 0.1) is 6.04 Å². The van der Waals surface area contributed by atoms with Crippen molar-refractivity contribution in [2.45, 2.75) is 31.6 Å². The van der Waals surface area contributed by atoms with Crippen LogP contribution in [0.3, 0.4) is 0 Å². The van der Waals surface area contributed by atoms with Gasteiger partial charge in [0.1, 0.15) is 11.3 Å². The maximum Gasteiger partial charge on any atom is 0.134 e. The third-order valence-electron chi connectivity index (χ3n) is 3.44. The van der Waals surface area contributed by atoms with E-state index in [9.17, 15) is 4.21 Å². The molecule has 19 heavy (non-hydrogen) atoms. The molecule has 3 nitrogen and oxygen atoms in total. The Hall–Kier alpha value is -1.13. The summed E-state index contributed by atoms with van der Waals surface area (Å²) in [5, 5.41) is 4.78. The highest BCUT2D eigenvalue weighted by Crippen LogP contribution is 2.23. The van der Waals surface area contributed by atoms with E-state index in [1.807, 2.05) is 25.1 Å². The first kappa shape index (κ1) is 14.3. The number of hydrogen-bond donors (Lipinski definition) is 1. The van der Waals surface area contributed by atoms with Gasteiger partial charge in [-0.2, -0.15) is 0 Å². The van der Waals surface area contributed by atoms with Gasteiger partial charge >= 0.3 is 0 Å². The van der Waals surface area contributed by atoms with Crippen LogP contribution >= 0.6 is 0 Å². The van der Waals surface area contributed by atoms with Gasteiger partial charge in [-0.15, -0.1) is 0 Å².